The lowest BCUT2D eigenvalue weighted by atomic mass is 9.94. The summed E-state index contributed by atoms with van der Waals surface area (Å²) in [6.07, 6.45) is 2.36. The molecule has 0 aromatic heterocycles. The van der Waals surface area contributed by atoms with Crippen LogP contribution in [0.15, 0.2) is 24.3 Å². The summed E-state index contributed by atoms with van der Waals surface area (Å²) in [7, 11) is 0. The predicted octanol–water partition coefficient (Wildman–Crippen LogP) is 2.90. The van der Waals surface area contributed by atoms with Crippen molar-refractivity contribution in [1.29, 1.82) is 0 Å². The summed E-state index contributed by atoms with van der Waals surface area (Å²) in [5.41, 5.74) is 0.725. The van der Waals surface area contributed by atoms with Crippen molar-refractivity contribution in [2.45, 2.75) is 26.7 Å². The number of fused-ring (bicyclic) bond motifs is 1. The zero-order valence-corrected chi connectivity index (χ0v) is 11.8. The number of benzene rings is 1. The van der Waals surface area contributed by atoms with Gasteiger partial charge in [-0.05, 0) is 24.6 Å². The van der Waals surface area contributed by atoms with E-state index in [1.54, 1.807) is 0 Å². The topological polar surface area (TPSA) is 38.3 Å². The molecule has 3 nitrogen and oxygen atoms in total. The lowest BCUT2D eigenvalue weighted by Crippen LogP contribution is -2.37. The molecule has 104 valence electrons. The highest BCUT2D eigenvalue weighted by molar-refractivity contribution is 6.01. The third-order valence-corrected chi connectivity index (χ3v) is 3.94. The van der Waals surface area contributed by atoms with Crippen LogP contribution in [0.3, 0.4) is 0 Å². The fourth-order valence-electron chi connectivity index (χ4n) is 2.47. The summed E-state index contributed by atoms with van der Waals surface area (Å²) in [6, 6.07) is 7.50. The van der Waals surface area contributed by atoms with Crippen LogP contribution in [0.5, 0.6) is 5.75 Å². The van der Waals surface area contributed by atoms with Gasteiger partial charge in [-0.3, -0.25) is 4.79 Å². The van der Waals surface area contributed by atoms with Crippen molar-refractivity contribution in [2.24, 2.45) is 11.8 Å². The van der Waals surface area contributed by atoms with Crippen molar-refractivity contribution in [3.63, 3.8) is 0 Å². The number of hydrogen-bond donors (Lipinski definition) is 1. The third-order valence-electron chi connectivity index (χ3n) is 3.94. The number of carbonyl (C=O) groups excluding carboxylic acids is 1. The van der Waals surface area contributed by atoms with Gasteiger partial charge in [0, 0.05) is 6.54 Å². The monoisotopic (exact) mass is 261 g/mol. The number of hydrogen-bond acceptors (Lipinski definition) is 3. The van der Waals surface area contributed by atoms with E-state index in [1.807, 2.05) is 24.3 Å². The molecule has 0 bridgehead atoms. The average Bonchev–Trinajstić information content (AvgIpc) is 2.46. The van der Waals surface area contributed by atoms with Crippen LogP contribution >= 0.6 is 0 Å². The molecule has 0 spiro atoms. The largest absolute Gasteiger partial charge is 0.492 e. The van der Waals surface area contributed by atoms with Crippen LogP contribution in [0.2, 0.25) is 0 Å². The van der Waals surface area contributed by atoms with Crippen LogP contribution in [-0.4, -0.2) is 25.5 Å². The molecule has 0 saturated carbocycles. The highest BCUT2D eigenvalue weighted by Crippen LogP contribution is 2.26. The molecule has 3 heteroatoms. The van der Waals surface area contributed by atoms with Gasteiger partial charge in [-0.2, -0.15) is 0 Å². The first-order chi connectivity index (χ1) is 9.26. The standard InChI is InChI=1S/C16H23NO2/c1-3-12(4-2)9-17-10-13-11-19-15-8-6-5-7-14(15)16(13)18/h5-8,12-13,17H,3-4,9-11H2,1-2H3. The maximum Gasteiger partial charge on any atom is 0.174 e. The van der Waals surface area contributed by atoms with Crippen LogP contribution < -0.4 is 10.1 Å². The predicted molar refractivity (Wildman–Crippen MR) is 76.7 cm³/mol. The van der Waals surface area contributed by atoms with Gasteiger partial charge >= 0.3 is 0 Å². The van der Waals surface area contributed by atoms with Crippen LogP contribution in [0, 0.1) is 11.8 Å². The van der Waals surface area contributed by atoms with Crippen molar-refractivity contribution in [1.82, 2.24) is 5.32 Å². The maximum absolute atomic E-state index is 12.3. The number of carbonyl (C=O) groups is 1. The van der Waals surface area contributed by atoms with Crippen LogP contribution in [0.4, 0.5) is 0 Å². The fraction of sp³-hybridized carbons (Fsp3) is 0.562. The molecule has 1 aliphatic rings. The number of rotatable bonds is 6. The molecule has 1 aromatic rings. The summed E-state index contributed by atoms with van der Waals surface area (Å²) >= 11 is 0. The molecule has 0 amide bonds. The first kappa shape index (κ1) is 14.1. The second-order valence-electron chi connectivity index (χ2n) is 5.21. The van der Waals surface area contributed by atoms with Gasteiger partial charge in [0.05, 0.1) is 18.1 Å². The Bertz CT molecular complexity index is 427. The molecule has 0 aliphatic carbocycles. The van der Waals surface area contributed by atoms with E-state index in [0.717, 1.165) is 17.9 Å². The van der Waals surface area contributed by atoms with Gasteiger partial charge in [0.1, 0.15) is 5.75 Å². The molecule has 19 heavy (non-hydrogen) atoms. The summed E-state index contributed by atoms with van der Waals surface area (Å²) in [5.74, 6) is 1.58. The number of nitrogens with one attached hydrogen (secondary N) is 1. The Morgan fingerprint density at radius 1 is 1.32 bits per heavy atom. The Morgan fingerprint density at radius 2 is 2.05 bits per heavy atom. The van der Waals surface area contributed by atoms with Gasteiger partial charge in [0.2, 0.25) is 0 Å². The van der Waals surface area contributed by atoms with Gasteiger partial charge < -0.3 is 10.1 Å². The molecule has 1 unspecified atom stereocenters. The molecule has 1 aromatic carbocycles. The van der Waals surface area contributed by atoms with Crippen molar-refractivity contribution >= 4 is 5.78 Å². The van der Waals surface area contributed by atoms with Gasteiger partial charge in [0.15, 0.2) is 5.78 Å². The quantitative estimate of drug-likeness (QED) is 0.855. The van der Waals surface area contributed by atoms with Crippen LogP contribution in [-0.2, 0) is 0 Å². The second-order valence-corrected chi connectivity index (χ2v) is 5.21. The average molecular weight is 261 g/mol. The van der Waals surface area contributed by atoms with E-state index in [-0.39, 0.29) is 11.7 Å². The molecule has 0 fully saturated rings. The minimum atomic E-state index is -0.0516. The summed E-state index contributed by atoms with van der Waals surface area (Å²) in [4.78, 5) is 12.3. The van der Waals surface area contributed by atoms with E-state index < -0.39 is 0 Å². The Kier molecular flexibility index (Phi) is 4.97. The molecule has 0 saturated heterocycles. The number of ketones is 1. The minimum Gasteiger partial charge on any atom is -0.492 e. The number of ether oxygens (including phenoxy) is 1. The Balaban J connectivity index is 1.88. The Hall–Kier alpha value is -1.35. The van der Waals surface area contributed by atoms with E-state index in [4.69, 9.17) is 4.74 Å². The van der Waals surface area contributed by atoms with Crippen LogP contribution in [0.25, 0.3) is 0 Å². The van der Waals surface area contributed by atoms with Crippen LogP contribution in [0.1, 0.15) is 37.0 Å². The van der Waals surface area contributed by atoms with Gasteiger partial charge in [0.25, 0.3) is 0 Å². The normalized spacial score (nSPS) is 18.3. The van der Waals surface area contributed by atoms with Crippen molar-refractivity contribution in [3.05, 3.63) is 29.8 Å². The van der Waals surface area contributed by atoms with Crippen molar-refractivity contribution < 1.29 is 9.53 Å². The lowest BCUT2D eigenvalue weighted by molar-refractivity contribution is 0.0828. The van der Waals surface area contributed by atoms with E-state index in [9.17, 15) is 4.79 Å². The van der Waals surface area contributed by atoms with E-state index in [0.29, 0.717) is 19.1 Å². The van der Waals surface area contributed by atoms with Gasteiger partial charge in [-0.25, -0.2) is 0 Å². The number of para-hydroxylation sites is 1. The SMILES string of the molecule is CCC(CC)CNCC1COc2ccccc2C1=O. The summed E-state index contributed by atoms with van der Waals surface area (Å²) in [5, 5.41) is 3.42. The molecule has 1 atom stereocenters. The van der Waals surface area contributed by atoms with Crippen molar-refractivity contribution in [3.8, 4) is 5.75 Å². The zero-order chi connectivity index (χ0) is 13.7. The highest BCUT2D eigenvalue weighted by Gasteiger charge is 2.28. The van der Waals surface area contributed by atoms with Gasteiger partial charge in [-0.1, -0.05) is 38.8 Å². The second kappa shape index (κ2) is 6.71. The zero-order valence-electron chi connectivity index (χ0n) is 11.8. The highest BCUT2D eigenvalue weighted by atomic mass is 16.5. The maximum atomic E-state index is 12.3. The fourth-order valence-corrected chi connectivity index (χ4v) is 2.47. The number of Topliss-reactive ketones (excluding diaryl/α,β-unsaturated/α-hetero) is 1. The first-order valence-corrected chi connectivity index (χ1v) is 7.23. The smallest absolute Gasteiger partial charge is 0.174 e. The summed E-state index contributed by atoms with van der Waals surface area (Å²) in [6.45, 7) is 6.61. The molecule has 1 aliphatic heterocycles. The van der Waals surface area contributed by atoms with E-state index in [2.05, 4.69) is 19.2 Å². The summed E-state index contributed by atoms with van der Waals surface area (Å²) < 4.78 is 5.66. The van der Waals surface area contributed by atoms with Gasteiger partial charge in [-0.15, -0.1) is 0 Å². The molecule has 0 radical (unpaired) electrons. The van der Waals surface area contributed by atoms with Crippen molar-refractivity contribution in [2.75, 3.05) is 19.7 Å². The molecular formula is C16H23NO2. The first-order valence-electron chi connectivity index (χ1n) is 7.23. The minimum absolute atomic E-state index is 0.0516. The Labute approximate surface area is 115 Å². The molecule has 1 N–H and O–H groups in total. The molecule has 2 rings (SSSR count). The van der Waals surface area contributed by atoms with E-state index >= 15 is 0 Å². The Morgan fingerprint density at radius 3 is 2.79 bits per heavy atom. The molecule has 1 heterocycles. The van der Waals surface area contributed by atoms with E-state index in [1.165, 1.54) is 12.8 Å². The molecular weight excluding hydrogens is 238 g/mol. The lowest BCUT2D eigenvalue weighted by Gasteiger charge is -2.25. The third kappa shape index (κ3) is 3.35.